The molecule has 0 spiro atoms. The van der Waals surface area contributed by atoms with E-state index in [1.54, 1.807) is 24.3 Å². The number of carbonyl (C=O) groups excluding carboxylic acids is 2. The monoisotopic (exact) mass is 448 g/mol. The molecule has 0 bridgehead atoms. The number of rotatable bonds is 10. The molecule has 1 heterocycles. The van der Waals surface area contributed by atoms with Crippen molar-refractivity contribution in [1.29, 1.82) is 0 Å². The maximum atomic E-state index is 13.0. The summed E-state index contributed by atoms with van der Waals surface area (Å²) in [5.74, 6) is 0.883. The Hall–Kier alpha value is -4.00. The Labute approximate surface area is 193 Å². The van der Waals surface area contributed by atoms with Gasteiger partial charge < -0.3 is 24.5 Å². The molecule has 0 fully saturated rings. The third-order valence-electron chi connectivity index (χ3n) is 4.70. The molecule has 2 amide bonds. The van der Waals surface area contributed by atoms with Crippen LogP contribution in [-0.2, 0) is 11.3 Å². The standard InChI is InChI=1S/C26H28N2O5/c1-4-31-23-13-10-19(15-24(23)32-5-2)17-27-26(30)22(16-21-7-6-14-33-21)28-25(29)20-11-8-18(3)9-12-20/h6-16H,4-5,17H2,1-3H3,(H,27,30)(H,28,29)/b22-16-. The Balaban J connectivity index is 1.74. The number of furan rings is 1. The number of amides is 2. The third kappa shape index (κ3) is 6.74. The molecule has 0 saturated carbocycles. The number of ether oxygens (including phenoxy) is 2. The van der Waals surface area contributed by atoms with Crippen molar-refractivity contribution in [2.45, 2.75) is 27.3 Å². The molecule has 1 aromatic heterocycles. The Morgan fingerprint density at radius 3 is 2.36 bits per heavy atom. The highest BCUT2D eigenvalue weighted by molar-refractivity contribution is 6.05. The van der Waals surface area contributed by atoms with Gasteiger partial charge in [0.25, 0.3) is 11.8 Å². The molecule has 0 radical (unpaired) electrons. The Bertz CT molecular complexity index is 1100. The molecule has 0 saturated heterocycles. The van der Waals surface area contributed by atoms with Crippen LogP contribution in [0, 0.1) is 6.92 Å². The van der Waals surface area contributed by atoms with Crippen molar-refractivity contribution >= 4 is 17.9 Å². The number of carbonyl (C=O) groups is 2. The van der Waals surface area contributed by atoms with Crippen molar-refractivity contribution < 1.29 is 23.5 Å². The summed E-state index contributed by atoms with van der Waals surface area (Å²) in [6, 6.07) is 16.0. The zero-order valence-corrected chi connectivity index (χ0v) is 19.0. The van der Waals surface area contributed by atoms with E-state index in [4.69, 9.17) is 13.9 Å². The Morgan fingerprint density at radius 2 is 1.70 bits per heavy atom. The second-order valence-electron chi connectivity index (χ2n) is 7.22. The molecule has 3 rings (SSSR count). The van der Waals surface area contributed by atoms with Gasteiger partial charge in [0.2, 0.25) is 0 Å². The summed E-state index contributed by atoms with van der Waals surface area (Å²) in [5, 5.41) is 5.53. The lowest BCUT2D eigenvalue weighted by molar-refractivity contribution is -0.117. The van der Waals surface area contributed by atoms with Gasteiger partial charge >= 0.3 is 0 Å². The maximum absolute atomic E-state index is 13.0. The van der Waals surface area contributed by atoms with Crippen LogP contribution < -0.4 is 20.1 Å². The molecule has 3 aromatic rings. The van der Waals surface area contributed by atoms with E-state index in [1.807, 2.05) is 51.1 Å². The van der Waals surface area contributed by atoms with E-state index in [2.05, 4.69) is 10.6 Å². The molecule has 0 aliphatic carbocycles. The van der Waals surface area contributed by atoms with E-state index in [0.29, 0.717) is 36.0 Å². The van der Waals surface area contributed by atoms with Crippen molar-refractivity contribution in [3.63, 3.8) is 0 Å². The van der Waals surface area contributed by atoms with Crippen LogP contribution in [0.15, 0.2) is 71.0 Å². The molecule has 2 aromatic carbocycles. The van der Waals surface area contributed by atoms with Gasteiger partial charge in [-0.3, -0.25) is 9.59 Å². The first kappa shape index (κ1) is 23.7. The average molecular weight is 449 g/mol. The van der Waals surface area contributed by atoms with Crippen molar-refractivity contribution in [3.8, 4) is 11.5 Å². The van der Waals surface area contributed by atoms with Gasteiger partial charge in [-0.2, -0.15) is 0 Å². The quantitative estimate of drug-likeness (QED) is 0.447. The highest BCUT2D eigenvalue weighted by Gasteiger charge is 2.16. The fourth-order valence-electron chi connectivity index (χ4n) is 3.06. The lowest BCUT2D eigenvalue weighted by atomic mass is 10.1. The van der Waals surface area contributed by atoms with E-state index >= 15 is 0 Å². The normalized spacial score (nSPS) is 11.1. The summed E-state index contributed by atoms with van der Waals surface area (Å²) < 4.78 is 16.5. The van der Waals surface area contributed by atoms with Crippen LogP contribution in [0.5, 0.6) is 11.5 Å². The lowest BCUT2D eigenvalue weighted by Gasteiger charge is -2.14. The van der Waals surface area contributed by atoms with E-state index in [-0.39, 0.29) is 18.1 Å². The summed E-state index contributed by atoms with van der Waals surface area (Å²) in [6.45, 7) is 7.00. The minimum atomic E-state index is -0.446. The van der Waals surface area contributed by atoms with Gasteiger partial charge in [-0.25, -0.2) is 0 Å². The zero-order valence-electron chi connectivity index (χ0n) is 19.0. The second-order valence-corrected chi connectivity index (χ2v) is 7.22. The first-order chi connectivity index (χ1) is 16.0. The number of hydrogen-bond donors (Lipinski definition) is 2. The van der Waals surface area contributed by atoms with Crippen LogP contribution in [0.1, 0.15) is 41.1 Å². The molecular formula is C26H28N2O5. The van der Waals surface area contributed by atoms with Gasteiger partial charge in [-0.1, -0.05) is 23.8 Å². The summed E-state index contributed by atoms with van der Waals surface area (Å²) >= 11 is 0. The predicted molar refractivity (Wildman–Crippen MR) is 126 cm³/mol. The number of benzene rings is 2. The minimum Gasteiger partial charge on any atom is -0.490 e. The van der Waals surface area contributed by atoms with Crippen LogP contribution in [0.2, 0.25) is 0 Å². The molecule has 0 atom stereocenters. The number of hydrogen-bond acceptors (Lipinski definition) is 5. The molecule has 0 aliphatic rings. The first-order valence-corrected chi connectivity index (χ1v) is 10.8. The average Bonchev–Trinajstić information content (AvgIpc) is 3.32. The van der Waals surface area contributed by atoms with E-state index in [1.165, 1.54) is 12.3 Å². The minimum absolute atomic E-state index is 0.0755. The van der Waals surface area contributed by atoms with Crippen molar-refractivity contribution in [2.24, 2.45) is 0 Å². The van der Waals surface area contributed by atoms with Crippen LogP contribution in [0.4, 0.5) is 0 Å². The van der Waals surface area contributed by atoms with Crippen LogP contribution in [0.25, 0.3) is 6.08 Å². The molecule has 33 heavy (non-hydrogen) atoms. The Morgan fingerprint density at radius 1 is 0.970 bits per heavy atom. The van der Waals surface area contributed by atoms with Gasteiger partial charge in [-0.15, -0.1) is 0 Å². The van der Waals surface area contributed by atoms with Crippen molar-refractivity contribution in [2.75, 3.05) is 13.2 Å². The van der Waals surface area contributed by atoms with Crippen LogP contribution >= 0.6 is 0 Å². The van der Waals surface area contributed by atoms with E-state index in [0.717, 1.165) is 11.1 Å². The van der Waals surface area contributed by atoms with Gasteiger partial charge in [-0.05, 0) is 62.7 Å². The van der Waals surface area contributed by atoms with Crippen molar-refractivity contribution in [1.82, 2.24) is 10.6 Å². The fourth-order valence-corrected chi connectivity index (χ4v) is 3.06. The SMILES string of the molecule is CCOc1ccc(CNC(=O)/C(=C/c2ccco2)NC(=O)c2ccc(C)cc2)cc1OCC. The smallest absolute Gasteiger partial charge is 0.268 e. The Kier molecular flexibility index (Phi) is 8.30. The molecular weight excluding hydrogens is 420 g/mol. The highest BCUT2D eigenvalue weighted by Crippen LogP contribution is 2.28. The third-order valence-corrected chi connectivity index (χ3v) is 4.70. The summed E-state index contributed by atoms with van der Waals surface area (Å²) in [7, 11) is 0. The van der Waals surface area contributed by atoms with Gasteiger partial charge in [0.15, 0.2) is 11.5 Å². The maximum Gasteiger partial charge on any atom is 0.268 e. The molecule has 7 nitrogen and oxygen atoms in total. The highest BCUT2D eigenvalue weighted by atomic mass is 16.5. The first-order valence-electron chi connectivity index (χ1n) is 10.8. The molecule has 0 unspecified atom stereocenters. The largest absolute Gasteiger partial charge is 0.490 e. The van der Waals surface area contributed by atoms with Gasteiger partial charge in [0.05, 0.1) is 19.5 Å². The fraction of sp³-hybridized carbons (Fsp3) is 0.231. The molecule has 0 aliphatic heterocycles. The summed E-state index contributed by atoms with van der Waals surface area (Å²) in [4.78, 5) is 25.6. The van der Waals surface area contributed by atoms with Crippen LogP contribution in [0.3, 0.4) is 0 Å². The summed E-state index contributed by atoms with van der Waals surface area (Å²) in [6.07, 6.45) is 2.99. The number of nitrogens with one attached hydrogen (secondary N) is 2. The topological polar surface area (TPSA) is 89.8 Å². The van der Waals surface area contributed by atoms with Gasteiger partial charge in [0.1, 0.15) is 11.5 Å². The van der Waals surface area contributed by atoms with Gasteiger partial charge in [0, 0.05) is 18.2 Å². The zero-order chi connectivity index (χ0) is 23.6. The molecule has 7 heteroatoms. The summed E-state index contributed by atoms with van der Waals surface area (Å²) in [5.41, 5.74) is 2.40. The van der Waals surface area contributed by atoms with Crippen LogP contribution in [-0.4, -0.2) is 25.0 Å². The molecule has 2 N–H and O–H groups in total. The number of aryl methyl sites for hydroxylation is 1. The lowest BCUT2D eigenvalue weighted by Crippen LogP contribution is -2.34. The van der Waals surface area contributed by atoms with E-state index < -0.39 is 5.91 Å². The second kappa shape index (κ2) is 11.6. The van der Waals surface area contributed by atoms with Crippen molar-refractivity contribution in [3.05, 3.63) is 89.0 Å². The van der Waals surface area contributed by atoms with E-state index in [9.17, 15) is 9.59 Å². The molecule has 172 valence electrons. The predicted octanol–water partition coefficient (Wildman–Crippen LogP) is 4.47.